The van der Waals surface area contributed by atoms with Gasteiger partial charge in [0.1, 0.15) is 4.21 Å². The van der Waals surface area contributed by atoms with Crippen LogP contribution >= 0.6 is 11.3 Å². The second-order valence-electron chi connectivity index (χ2n) is 4.03. The SMILES string of the molecule is O=C(O)c1csc(S(=O)(=O)NCc2ccc(F)c(F)c2)c1. The third-order valence-electron chi connectivity index (χ3n) is 2.54. The van der Waals surface area contributed by atoms with Gasteiger partial charge in [-0.25, -0.2) is 26.7 Å². The Kier molecular flexibility index (Phi) is 4.35. The van der Waals surface area contributed by atoms with Crippen LogP contribution in [0.3, 0.4) is 0 Å². The number of nitrogens with one attached hydrogen (secondary N) is 1. The van der Waals surface area contributed by atoms with Crippen LogP contribution in [0.15, 0.2) is 33.9 Å². The Balaban J connectivity index is 2.13. The Hall–Kier alpha value is -1.84. The van der Waals surface area contributed by atoms with Crippen LogP contribution in [-0.4, -0.2) is 19.5 Å². The largest absolute Gasteiger partial charge is 0.478 e. The zero-order chi connectivity index (χ0) is 15.6. The molecule has 0 spiro atoms. The van der Waals surface area contributed by atoms with E-state index in [9.17, 15) is 22.0 Å². The van der Waals surface area contributed by atoms with Crippen LogP contribution in [0.5, 0.6) is 0 Å². The second kappa shape index (κ2) is 5.88. The summed E-state index contributed by atoms with van der Waals surface area (Å²) < 4.78 is 51.6. The first kappa shape index (κ1) is 15.5. The van der Waals surface area contributed by atoms with Gasteiger partial charge in [-0.2, -0.15) is 0 Å². The molecule has 0 atom stereocenters. The van der Waals surface area contributed by atoms with Crippen molar-refractivity contribution >= 4 is 27.3 Å². The number of halogens is 2. The molecule has 1 aromatic heterocycles. The normalized spacial score (nSPS) is 11.5. The number of benzene rings is 1. The highest BCUT2D eigenvalue weighted by Crippen LogP contribution is 2.20. The minimum Gasteiger partial charge on any atom is -0.478 e. The molecule has 0 amide bonds. The number of rotatable bonds is 5. The van der Waals surface area contributed by atoms with Crippen molar-refractivity contribution in [3.63, 3.8) is 0 Å². The Morgan fingerprint density at radius 2 is 1.95 bits per heavy atom. The maximum Gasteiger partial charge on any atom is 0.336 e. The van der Waals surface area contributed by atoms with Crippen LogP contribution in [0.1, 0.15) is 15.9 Å². The smallest absolute Gasteiger partial charge is 0.336 e. The first-order valence-corrected chi connectivity index (χ1v) is 7.91. The van der Waals surface area contributed by atoms with Crippen molar-refractivity contribution in [2.45, 2.75) is 10.8 Å². The van der Waals surface area contributed by atoms with Crippen molar-refractivity contribution in [1.82, 2.24) is 4.72 Å². The van der Waals surface area contributed by atoms with Gasteiger partial charge < -0.3 is 5.11 Å². The monoisotopic (exact) mass is 333 g/mol. The van der Waals surface area contributed by atoms with Crippen molar-refractivity contribution < 1.29 is 27.1 Å². The number of sulfonamides is 1. The summed E-state index contributed by atoms with van der Waals surface area (Å²) in [6, 6.07) is 4.06. The van der Waals surface area contributed by atoms with Crippen LogP contribution < -0.4 is 4.72 Å². The summed E-state index contributed by atoms with van der Waals surface area (Å²) in [5.74, 6) is -3.32. The first-order valence-electron chi connectivity index (χ1n) is 5.55. The summed E-state index contributed by atoms with van der Waals surface area (Å²) in [4.78, 5) is 10.7. The van der Waals surface area contributed by atoms with Crippen LogP contribution in [0.4, 0.5) is 8.78 Å². The van der Waals surface area contributed by atoms with Crippen LogP contribution in [0, 0.1) is 11.6 Å². The van der Waals surface area contributed by atoms with Gasteiger partial charge in [0.2, 0.25) is 10.0 Å². The molecule has 2 aromatic rings. The topological polar surface area (TPSA) is 83.5 Å². The van der Waals surface area contributed by atoms with Gasteiger partial charge in [-0.3, -0.25) is 0 Å². The van der Waals surface area contributed by atoms with Gasteiger partial charge in [-0.05, 0) is 23.8 Å². The molecule has 0 saturated heterocycles. The van der Waals surface area contributed by atoms with E-state index in [0.29, 0.717) is 0 Å². The highest BCUT2D eigenvalue weighted by atomic mass is 32.2. The van der Waals surface area contributed by atoms with Gasteiger partial charge >= 0.3 is 5.97 Å². The molecule has 0 saturated carbocycles. The molecule has 9 heteroatoms. The van der Waals surface area contributed by atoms with Gasteiger partial charge in [-0.15, -0.1) is 11.3 Å². The highest BCUT2D eigenvalue weighted by Gasteiger charge is 2.18. The lowest BCUT2D eigenvalue weighted by Gasteiger charge is -2.05. The van der Waals surface area contributed by atoms with Crippen LogP contribution in [0.2, 0.25) is 0 Å². The number of aromatic carboxylic acids is 1. The van der Waals surface area contributed by atoms with E-state index in [4.69, 9.17) is 5.11 Å². The van der Waals surface area contributed by atoms with Crippen LogP contribution in [-0.2, 0) is 16.6 Å². The zero-order valence-corrected chi connectivity index (χ0v) is 12.0. The van der Waals surface area contributed by atoms with E-state index < -0.39 is 27.6 Å². The molecule has 0 radical (unpaired) electrons. The molecule has 0 fully saturated rings. The Labute approximate surface area is 122 Å². The molecule has 5 nitrogen and oxygen atoms in total. The molecule has 112 valence electrons. The molecule has 1 heterocycles. The molecule has 0 aliphatic rings. The van der Waals surface area contributed by atoms with Gasteiger partial charge in [-0.1, -0.05) is 6.07 Å². The van der Waals surface area contributed by atoms with E-state index in [1.165, 1.54) is 11.4 Å². The molecule has 2 N–H and O–H groups in total. The summed E-state index contributed by atoms with van der Waals surface area (Å²) in [7, 11) is -3.91. The lowest BCUT2D eigenvalue weighted by molar-refractivity contribution is 0.0697. The van der Waals surface area contributed by atoms with E-state index in [0.717, 1.165) is 29.5 Å². The lowest BCUT2D eigenvalue weighted by Crippen LogP contribution is -2.22. The fourth-order valence-corrected chi connectivity index (χ4v) is 3.68. The maximum absolute atomic E-state index is 13.0. The third kappa shape index (κ3) is 3.63. The van der Waals surface area contributed by atoms with Crippen molar-refractivity contribution in [3.8, 4) is 0 Å². The van der Waals surface area contributed by atoms with Gasteiger partial charge in [0, 0.05) is 11.9 Å². The summed E-state index contributed by atoms with van der Waals surface area (Å²) in [6.07, 6.45) is 0. The predicted octanol–water partition coefficient (Wildman–Crippen LogP) is 2.20. The number of hydrogen-bond donors (Lipinski definition) is 2. The third-order valence-corrected chi connectivity index (χ3v) is 5.38. The average Bonchev–Trinajstić information content (AvgIpc) is 2.91. The number of carbonyl (C=O) groups is 1. The average molecular weight is 333 g/mol. The van der Waals surface area contributed by atoms with Gasteiger partial charge in [0.05, 0.1) is 5.56 Å². The van der Waals surface area contributed by atoms with Gasteiger partial charge in [0.25, 0.3) is 0 Å². The summed E-state index contributed by atoms with van der Waals surface area (Å²) in [6.45, 7) is -0.236. The Bertz CT molecular complexity index is 786. The fourth-order valence-electron chi connectivity index (χ4n) is 1.47. The van der Waals surface area contributed by atoms with Crippen molar-refractivity contribution in [1.29, 1.82) is 0 Å². The zero-order valence-electron chi connectivity index (χ0n) is 10.3. The number of thiophene rings is 1. The highest BCUT2D eigenvalue weighted by molar-refractivity contribution is 7.91. The lowest BCUT2D eigenvalue weighted by atomic mass is 10.2. The molecule has 2 rings (SSSR count). The molecule has 0 aliphatic heterocycles. The Morgan fingerprint density at radius 3 is 2.52 bits per heavy atom. The van der Waals surface area contributed by atoms with E-state index in [2.05, 4.69) is 4.72 Å². The number of carboxylic acids is 1. The summed E-state index contributed by atoms with van der Waals surface area (Å²) >= 11 is 0.760. The minimum absolute atomic E-state index is 0.131. The molecule has 0 aliphatic carbocycles. The minimum atomic E-state index is -3.91. The molecular formula is C12H9F2NO4S2. The van der Waals surface area contributed by atoms with Crippen LogP contribution in [0.25, 0.3) is 0 Å². The predicted molar refractivity (Wildman–Crippen MR) is 71.7 cm³/mol. The maximum atomic E-state index is 13.0. The van der Waals surface area contributed by atoms with E-state index in [-0.39, 0.29) is 21.9 Å². The molecule has 0 bridgehead atoms. The van der Waals surface area contributed by atoms with Crippen molar-refractivity contribution in [2.75, 3.05) is 0 Å². The number of hydrogen-bond acceptors (Lipinski definition) is 4. The molecule has 1 aromatic carbocycles. The van der Waals surface area contributed by atoms with E-state index >= 15 is 0 Å². The standard InChI is InChI=1S/C12H9F2NO4S2/c13-9-2-1-7(3-10(9)14)5-15-21(18,19)11-4-8(6-20-11)12(16)17/h1-4,6,15H,5H2,(H,16,17). The molecule has 21 heavy (non-hydrogen) atoms. The van der Waals surface area contributed by atoms with Crippen molar-refractivity contribution in [2.24, 2.45) is 0 Å². The molecular weight excluding hydrogens is 324 g/mol. The van der Waals surface area contributed by atoms with Crippen molar-refractivity contribution in [3.05, 3.63) is 52.4 Å². The summed E-state index contributed by atoms with van der Waals surface area (Å²) in [5, 5.41) is 9.95. The fraction of sp³-hybridized carbons (Fsp3) is 0.0833. The van der Waals surface area contributed by atoms with E-state index in [1.54, 1.807) is 0 Å². The van der Waals surface area contributed by atoms with E-state index in [1.807, 2.05) is 0 Å². The van der Waals surface area contributed by atoms with Gasteiger partial charge in [0.15, 0.2) is 11.6 Å². The number of carboxylic acid groups (broad SMARTS) is 1. The quantitative estimate of drug-likeness (QED) is 0.879. The summed E-state index contributed by atoms with van der Waals surface area (Å²) in [5.41, 5.74) is 0.112. The Morgan fingerprint density at radius 1 is 1.24 bits per heavy atom. The first-order chi connectivity index (χ1) is 9.79. The second-order valence-corrected chi connectivity index (χ2v) is 6.94. The molecule has 0 unspecified atom stereocenters.